The van der Waals surface area contributed by atoms with Crippen molar-refractivity contribution in [2.24, 2.45) is 11.8 Å². The van der Waals surface area contributed by atoms with Crippen molar-refractivity contribution >= 4 is 21.8 Å². The Kier molecular flexibility index (Phi) is 5.89. The molecule has 4 heteroatoms. The number of rotatable bonds is 6. The molecule has 3 nitrogen and oxygen atoms in total. The van der Waals surface area contributed by atoms with Crippen molar-refractivity contribution in [2.75, 3.05) is 19.0 Å². The van der Waals surface area contributed by atoms with E-state index in [4.69, 9.17) is 4.74 Å². The van der Waals surface area contributed by atoms with Gasteiger partial charge in [-0.3, -0.25) is 4.79 Å². The number of hydrogen-bond donors (Lipinski definition) is 1. The van der Waals surface area contributed by atoms with E-state index in [1.807, 2.05) is 24.3 Å². The zero-order valence-corrected chi connectivity index (χ0v) is 13.5. The van der Waals surface area contributed by atoms with Crippen molar-refractivity contribution < 1.29 is 9.53 Å². The number of carbonyl (C=O) groups is 1. The van der Waals surface area contributed by atoms with Gasteiger partial charge in [-0.1, -0.05) is 40.5 Å². The lowest BCUT2D eigenvalue weighted by Gasteiger charge is -2.18. The number of alkyl halides is 1. The summed E-state index contributed by atoms with van der Waals surface area (Å²) in [6.07, 6.45) is 4.17. The second-order valence-corrected chi connectivity index (χ2v) is 6.05. The predicted molar refractivity (Wildman–Crippen MR) is 84.3 cm³/mol. The van der Waals surface area contributed by atoms with Crippen LogP contribution in [0.5, 0.6) is 5.75 Å². The highest BCUT2D eigenvalue weighted by molar-refractivity contribution is 9.09. The molecule has 1 aliphatic carbocycles. The Hall–Kier alpha value is -1.03. The molecule has 0 spiro atoms. The van der Waals surface area contributed by atoms with Crippen molar-refractivity contribution in [3.63, 3.8) is 0 Å². The van der Waals surface area contributed by atoms with Gasteiger partial charge >= 0.3 is 0 Å². The second kappa shape index (κ2) is 7.67. The summed E-state index contributed by atoms with van der Waals surface area (Å²) in [7, 11) is 1.63. The van der Waals surface area contributed by atoms with Gasteiger partial charge in [0, 0.05) is 17.4 Å². The average molecular weight is 340 g/mol. The topological polar surface area (TPSA) is 38.3 Å². The second-order valence-electron chi connectivity index (χ2n) is 5.40. The maximum atomic E-state index is 12.1. The van der Waals surface area contributed by atoms with Crippen LogP contribution in [-0.2, 0) is 11.2 Å². The summed E-state index contributed by atoms with van der Waals surface area (Å²) in [4.78, 5) is 12.1. The van der Waals surface area contributed by atoms with Crippen molar-refractivity contribution in [3.05, 3.63) is 29.8 Å². The molecule has 0 aliphatic heterocycles. The zero-order valence-electron chi connectivity index (χ0n) is 11.9. The van der Waals surface area contributed by atoms with Gasteiger partial charge in [0.2, 0.25) is 5.91 Å². The Morgan fingerprint density at radius 1 is 1.35 bits per heavy atom. The monoisotopic (exact) mass is 339 g/mol. The Morgan fingerprint density at radius 3 is 2.85 bits per heavy atom. The molecular formula is C16H22BrNO2. The number of benzene rings is 1. The van der Waals surface area contributed by atoms with Crippen LogP contribution in [0.25, 0.3) is 0 Å². The van der Waals surface area contributed by atoms with Crippen LogP contribution in [0.4, 0.5) is 0 Å². The summed E-state index contributed by atoms with van der Waals surface area (Å²) in [6, 6.07) is 7.68. The highest BCUT2D eigenvalue weighted by Gasteiger charge is 2.26. The van der Waals surface area contributed by atoms with Gasteiger partial charge in [-0.05, 0) is 30.7 Å². The van der Waals surface area contributed by atoms with E-state index in [0.29, 0.717) is 18.3 Å². The number of amides is 1. The van der Waals surface area contributed by atoms with E-state index < -0.39 is 0 Å². The fourth-order valence-electron chi connectivity index (χ4n) is 2.91. The molecule has 1 aromatic rings. The summed E-state index contributed by atoms with van der Waals surface area (Å²) >= 11 is 3.57. The Labute approximate surface area is 129 Å². The van der Waals surface area contributed by atoms with Crippen molar-refractivity contribution in [3.8, 4) is 5.75 Å². The molecule has 1 fully saturated rings. The number of ether oxygens (including phenoxy) is 1. The quantitative estimate of drug-likeness (QED) is 0.808. The molecule has 2 atom stereocenters. The number of hydrogen-bond acceptors (Lipinski definition) is 2. The largest absolute Gasteiger partial charge is 0.496 e. The number of carbonyl (C=O) groups excluding carboxylic acids is 1. The molecule has 2 unspecified atom stereocenters. The van der Waals surface area contributed by atoms with E-state index in [1.54, 1.807) is 7.11 Å². The molecule has 110 valence electrons. The van der Waals surface area contributed by atoms with E-state index in [0.717, 1.165) is 23.2 Å². The maximum Gasteiger partial charge on any atom is 0.224 e. The number of nitrogens with one attached hydrogen (secondary N) is 1. The standard InChI is InChI=1S/C16H22BrNO2/c1-20-15-8-3-2-5-12(15)9-16(19)18-11-14-7-4-6-13(14)10-17/h2-3,5,8,13-14H,4,6-7,9-11H2,1H3,(H,18,19). The minimum absolute atomic E-state index is 0.0784. The first-order valence-corrected chi connectivity index (χ1v) is 8.31. The molecule has 2 rings (SSSR count). The third-order valence-corrected chi connectivity index (χ3v) is 4.95. The van der Waals surface area contributed by atoms with Crippen LogP contribution in [0.2, 0.25) is 0 Å². The third kappa shape index (κ3) is 3.98. The molecule has 1 saturated carbocycles. The first-order valence-electron chi connectivity index (χ1n) is 7.19. The van der Waals surface area contributed by atoms with E-state index in [2.05, 4.69) is 21.2 Å². The van der Waals surface area contributed by atoms with Gasteiger partial charge in [-0.15, -0.1) is 0 Å². The van der Waals surface area contributed by atoms with Crippen LogP contribution in [0.3, 0.4) is 0 Å². The number of para-hydroxylation sites is 1. The Bertz CT molecular complexity index is 450. The van der Waals surface area contributed by atoms with Gasteiger partial charge in [-0.2, -0.15) is 0 Å². The molecule has 20 heavy (non-hydrogen) atoms. The molecular weight excluding hydrogens is 318 g/mol. The normalized spacial score (nSPS) is 21.7. The Morgan fingerprint density at radius 2 is 2.10 bits per heavy atom. The summed E-state index contributed by atoms with van der Waals surface area (Å²) in [5.74, 6) is 2.19. The van der Waals surface area contributed by atoms with Crippen LogP contribution < -0.4 is 10.1 Å². The smallest absolute Gasteiger partial charge is 0.224 e. The van der Waals surface area contributed by atoms with E-state index in [1.165, 1.54) is 19.3 Å². The fraction of sp³-hybridized carbons (Fsp3) is 0.562. The van der Waals surface area contributed by atoms with Gasteiger partial charge in [-0.25, -0.2) is 0 Å². The lowest BCUT2D eigenvalue weighted by molar-refractivity contribution is -0.120. The minimum Gasteiger partial charge on any atom is -0.496 e. The predicted octanol–water partition coefficient (Wildman–Crippen LogP) is 3.17. The van der Waals surface area contributed by atoms with Gasteiger partial charge in [0.15, 0.2) is 0 Å². The van der Waals surface area contributed by atoms with Crippen LogP contribution in [0.1, 0.15) is 24.8 Å². The molecule has 0 radical (unpaired) electrons. The number of methoxy groups -OCH3 is 1. The summed E-state index contributed by atoms with van der Waals surface area (Å²) in [5, 5.41) is 4.12. The van der Waals surface area contributed by atoms with Crippen molar-refractivity contribution in [1.82, 2.24) is 5.32 Å². The first kappa shape index (κ1) is 15.4. The maximum absolute atomic E-state index is 12.1. The Balaban J connectivity index is 1.83. The van der Waals surface area contributed by atoms with Gasteiger partial charge in [0.1, 0.15) is 5.75 Å². The van der Waals surface area contributed by atoms with Crippen molar-refractivity contribution in [2.45, 2.75) is 25.7 Å². The van der Waals surface area contributed by atoms with Gasteiger partial charge < -0.3 is 10.1 Å². The lowest BCUT2D eigenvalue weighted by Crippen LogP contribution is -2.32. The molecule has 0 heterocycles. The highest BCUT2D eigenvalue weighted by Crippen LogP contribution is 2.32. The molecule has 1 aliphatic rings. The van der Waals surface area contributed by atoms with Crippen LogP contribution in [0.15, 0.2) is 24.3 Å². The van der Waals surface area contributed by atoms with Crippen LogP contribution >= 0.6 is 15.9 Å². The van der Waals surface area contributed by atoms with E-state index >= 15 is 0 Å². The lowest BCUT2D eigenvalue weighted by atomic mass is 9.98. The van der Waals surface area contributed by atoms with E-state index in [-0.39, 0.29) is 5.91 Å². The molecule has 1 aromatic carbocycles. The fourth-order valence-corrected chi connectivity index (χ4v) is 3.77. The SMILES string of the molecule is COc1ccccc1CC(=O)NCC1CCCC1CBr. The summed E-state index contributed by atoms with van der Waals surface area (Å²) in [6.45, 7) is 0.796. The first-order chi connectivity index (χ1) is 9.74. The molecule has 1 N–H and O–H groups in total. The zero-order chi connectivity index (χ0) is 14.4. The highest BCUT2D eigenvalue weighted by atomic mass is 79.9. The van der Waals surface area contributed by atoms with Crippen LogP contribution in [0, 0.1) is 11.8 Å². The molecule has 1 amide bonds. The summed E-state index contributed by atoms with van der Waals surface area (Å²) < 4.78 is 5.27. The van der Waals surface area contributed by atoms with Gasteiger partial charge in [0.05, 0.1) is 13.5 Å². The summed E-state index contributed by atoms with van der Waals surface area (Å²) in [5.41, 5.74) is 0.941. The third-order valence-electron chi connectivity index (χ3n) is 4.12. The van der Waals surface area contributed by atoms with Crippen molar-refractivity contribution in [1.29, 1.82) is 0 Å². The minimum atomic E-state index is 0.0784. The number of halogens is 1. The molecule has 0 saturated heterocycles. The molecule has 0 bridgehead atoms. The average Bonchev–Trinajstić information content (AvgIpc) is 2.93. The van der Waals surface area contributed by atoms with Gasteiger partial charge in [0.25, 0.3) is 0 Å². The van der Waals surface area contributed by atoms with Crippen LogP contribution in [-0.4, -0.2) is 24.9 Å². The molecule has 0 aromatic heterocycles. The van der Waals surface area contributed by atoms with E-state index in [9.17, 15) is 4.79 Å².